The summed E-state index contributed by atoms with van der Waals surface area (Å²) in [4.78, 5) is 4.34. The number of rotatable bonds is 4. The molecule has 2 aromatic carbocycles. The Morgan fingerprint density at radius 1 is 1.07 bits per heavy atom. The van der Waals surface area contributed by atoms with Gasteiger partial charge in [-0.3, -0.25) is 4.98 Å². The van der Waals surface area contributed by atoms with E-state index in [0.717, 1.165) is 21.6 Å². The molecular weight excluding hydrogens is 533 g/mol. The molecule has 0 saturated carbocycles. The van der Waals surface area contributed by atoms with E-state index in [2.05, 4.69) is 77.8 Å². The molecule has 4 nitrogen and oxygen atoms in total. The standard InChI is InChI=1S/C21H21N4S.Ir/c1-13(2)16-6-5-7-17(14(3)4)20(16)25-11-23-24-21(25)15-8-9-18-19(10-15)26-12-22-18;/h5-7,9-14H,1-4H3;/q-1;. The van der Waals surface area contributed by atoms with E-state index >= 15 is 0 Å². The monoisotopic (exact) mass is 554 g/mol. The van der Waals surface area contributed by atoms with E-state index in [1.165, 1.54) is 16.8 Å². The van der Waals surface area contributed by atoms with Crippen molar-refractivity contribution in [3.8, 4) is 17.1 Å². The summed E-state index contributed by atoms with van der Waals surface area (Å²) in [7, 11) is 0. The molecule has 0 aliphatic rings. The first-order valence-electron chi connectivity index (χ1n) is 8.84. The Balaban J connectivity index is 0.00000210. The molecule has 0 amide bonds. The van der Waals surface area contributed by atoms with E-state index in [9.17, 15) is 0 Å². The Hall–Kier alpha value is -1.88. The van der Waals surface area contributed by atoms with Gasteiger partial charge in [-0.2, -0.15) is 5.10 Å². The molecule has 6 heteroatoms. The van der Waals surface area contributed by atoms with Gasteiger partial charge in [0.15, 0.2) is 0 Å². The number of thiazole rings is 1. The molecule has 0 spiro atoms. The van der Waals surface area contributed by atoms with Crippen LogP contribution in [0.1, 0.15) is 50.7 Å². The van der Waals surface area contributed by atoms with E-state index in [1.807, 2.05) is 17.9 Å². The zero-order chi connectivity index (χ0) is 18.3. The fourth-order valence-corrected chi connectivity index (χ4v) is 4.00. The van der Waals surface area contributed by atoms with E-state index in [4.69, 9.17) is 0 Å². The maximum Gasteiger partial charge on any atom is 0.114 e. The van der Waals surface area contributed by atoms with Crippen molar-refractivity contribution in [2.45, 2.75) is 39.5 Å². The number of para-hydroxylation sites is 1. The summed E-state index contributed by atoms with van der Waals surface area (Å²) in [6.45, 7) is 8.90. The Morgan fingerprint density at radius 3 is 2.44 bits per heavy atom. The third kappa shape index (κ3) is 3.62. The first-order valence-corrected chi connectivity index (χ1v) is 9.72. The maximum absolute atomic E-state index is 4.42. The van der Waals surface area contributed by atoms with Gasteiger partial charge in [0.1, 0.15) is 6.33 Å². The minimum absolute atomic E-state index is 0. The molecule has 27 heavy (non-hydrogen) atoms. The fourth-order valence-electron chi connectivity index (χ4n) is 3.30. The van der Waals surface area contributed by atoms with E-state index in [0.29, 0.717) is 11.8 Å². The van der Waals surface area contributed by atoms with Crippen LogP contribution in [0.4, 0.5) is 0 Å². The Labute approximate surface area is 177 Å². The first kappa shape index (κ1) is 19.9. The minimum Gasteiger partial charge on any atom is -0.322 e. The topological polar surface area (TPSA) is 43.6 Å². The predicted molar refractivity (Wildman–Crippen MR) is 107 cm³/mol. The van der Waals surface area contributed by atoms with Gasteiger partial charge < -0.3 is 4.57 Å². The predicted octanol–water partition coefficient (Wildman–Crippen LogP) is 5.59. The largest absolute Gasteiger partial charge is 0.322 e. The zero-order valence-corrected chi connectivity index (χ0v) is 18.9. The summed E-state index contributed by atoms with van der Waals surface area (Å²) in [5.74, 6) is 1.63. The van der Waals surface area contributed by atoms with Crippen molar-refractivity contribution in [3.05, 3.63) is 59.4 Å². The van der Waals surface area contributed by atoms with Gasteiger partial charge in [-0.05, 0) is 33.2 Å². The molecule has 0 N–H and O–H groups in total. The van der Waals surface area contributed by atoms with Gasteiger partial charge in [0.2, 0.25) is 0 Å². The third-order valence-electron chi connectivity index (χ3n) is 4.64. The number of hydrogen-bond donors (Lipinski definition) is 0. The van der Waals surface area contributed by atoms with Crippen molar-refractivity contribution in [3.63, 3.8) is 0 Å². The van der Waals surface area contributed by atoms with Crippen molar-refractivity contribution in [2.75, 3.05) is 0 Å². The van der Waals surface area contributed by atoms with Gasteiger partial charge in [0, 0.05) is 25.8 Å². The second-order valence-corrected chi connectivity index (χ2v) is 7.95. The van der Waals surface area contributed by atoms with Crippen LogP contribution in [0.25, 0.3) is 27.3 Å². The Kier molecular flexibility index (Phi) is 5.89. The third-order valence-corrected chi connectivity index (χ3v) is 5.43. The number of benzene rings is 2. The molecule has 4 rings (SSSR count). The van der Waals surface area contributed by atoms with E-state index < -0.39 is 0 Å². The van der Waals surface area contributed by atoms with Crippen LogP contribution in [0.5, 0.6) is 0 Å². The van der Waals surface area contributed by atoms with Crippen LogP contribution in [0, 0.1) is 6.07 Å². The van der Waals surface area contributed by atoms with Gasteiger partial charge in [-0.25, -0.2) is 0 Å². The Bertz CT molecular complexity index is 1040. The second-order valence-electron chi connectivity index (χ2n) is 7.07. The van der Waals surface area contributed by atoms with Gasteiger partial charge in [-0.15, -0.1) is 40.2 Å². The summed E-state index contributed by atoms with van der Waals surface area (Å²) in [5, 5.41) is 8.65. The van der Waals surface area contributed by atoms with Crippen molar-refractivity contribution in [1.82, 2.24) is 19.7 Å². The molecule has 0 fully saturated rings. The van der Waals surface area contributed by atoms with Crippen molar-refractivity contribution >= 4 is 21.6 Å². The van der Waals surface area contributed by atoms with E-state index in [1.54, 1.807) is 11.3 Å². The van der Waals surface area contributed by atoms with Gasteiger partial charge >= 0.3 is 0 Å². The minimum atomic E-state index is 0. The molecule has 0 aliphatic heterocycles. The molecule has 1 radical (unpaired) electrons. The van der Waals surface area contributed by atoms with Crippen molar-refractivity contribution in [2.24, 2.45) is 0 Å². The molecule has 4 aromatic rings. The fraction of sp³-hybridized carbons (Fsp3) is 0.286. The molecule has 0 unspecified atom stereocenters. The normalized spacial score (nSPS) is 11.3. The van der Waals surface area contributed by atoms with Crippen LogP contribution in [0.15, 0.2) is 42.2 Å². The Morgan fingerprint density at radius 2 is 1.78 bits per heavy atom. The average Bonchev–Trinajstić information content (AvgIpc) is 3.29. The van der Waals surface area contributed by atoms with Gasteiger partial charge in [-0.1, -0.05) is 45.9 Å². The maximum atomic E-state index is 4.42. The number of aromatic nitrogens is 4. The molecule has 0 aliphatic carbocycles. The van der Waals surface area contributed by atoms with Crippen LogP contribution in [-0.4, -0.2) is 19.7 Å². The van der Waals surface area contributed by atoms with Crippen LogP contribution in [0.3, 0.4) is 0 Å². The number of nitrogens with zero attached hydrogens (tertiary/aromatic N) is 4. The summed E-state index contributed by atoms with van der Waals surface area (Å²) in [6.07, 6.45) is 1.81. The quantitative estimate of drug-likeness (QED) is 0.310. The van der Waals surface area contributed by atoms with E-state index in [-0.39, 0.29) is 20.1 Å². The average molecular weight is 554 g/mol. The smallest absolute Gasteiger partial charge is 0.114 e. The summed E-state index contributed by atoms with van der Waals surface area (Å²) >= 11 is 1.63. The molecule has 2 heterocycles. The van der Waals surface area contributed by atoms with Crippen LogP contribution >= 0.6 is 11.3 Å². The molecule has 0 bridgehead atoms. The molecule has 141 valence electrons. The second kappa shape index (κ2) is 8.01. The van der Waals surface area contributed by atoms with Crippen LogP contribution < -0.4 is 0 Å². The molecule has 0 atom stereocenters. The van der Waals surface area contributed by atoms with Crippen molar-refractivity contribution in [1.29, 1.82) is 0 Å². The summed E-state index contributed by atoms with van der Waals surface area (Å²) in [6, 6.07) is 13.9. The number of hydrogen-bond acceptors (Lipinski definition) is 4. The zero-order valence-electron chi connectivity index (χ0n) is 15.7. The SMILES string of the molecule is CC(C)c1cccc(C(C)C)c1-n1cnnc1-c1[c-]cc2ncsc2c1.[Ir]. The van der Waals surface area contributed by atoms with Crippen LogP contribution in [-0.2, 0) is 20.1 Å². The van der Waals surface area contributed by atoms with Gasteiger partial charge in [0.25, 0.3) is 0 Å². The van der Waals surface area contributed by atoms with Gasteiger partial charge in [0.05, 0.1) is 11.3 Å². The summed E-state index contributed by atoms with van der Waals surface area (Å²) < 4.78 is 3.25. The van der Waals surface area contributed by atoms with Crippen molar-refractivity contribution < 1.29 is 20.1 Å². The molecular formula is C21H21IrN4S-. The van der Waals surface area contributed by atoms with Crippen LogP contribution in [0.2, 0.25) is 0 Å². The first-order chi connectivity index (χ1) is 12.6. The summed E-state index contributed by atoms with van der Waals surface area (Å²) in [5.41, 5.74) is 7.56. The molecule has 2 aromatic heterocycles. The molecule has 0 saturated heterocycles. The number of fused-ring (bicyclic) bond motifs is 1.